The van der Waals surface area contributed by atoms with E-state index < -0.39 is 0 Å². The van der Waals surface area contributed by atoms with Crippen molar-refractivity contribution in [3.05, 3.63) is 10.0 Å². The highest BCUT2D eigenvalue weighted by Gasteiger charge is 2.36. The minimum Gasteiger partial charge on any atom is -0.342 e. The number of rotatable bonds is 4. The summed E-state index contributed by atoms with van der Waals surface area (Å²) in [6.45, 7) is 6.20. The minimum atomic E-state index is 0.333. The third kappa shape index (κ3) is 3.19. The van der Waals surface area contributed by atoms with E-state index >= 15 is 0 Å². The van der Waals surface area contributed by atoms with Crippen LogP contribution in [0.2, 0.25) is 0 Å². The van der Waals surface area contributed by atoms with E-state index in [0.29, 0.717) is 23.7 Å². The van der Waals surface area contributed by atoms with Crippen LogP contribution in [-0.4, -0.2) is 34.1 Å². The van der Waals surface area contributed by atoms with Crippen LogP contribution in [0, 0.1) is 11.8 Å². The van der Waals surface area contributed by atoms with E-state index in [9.17, 15) is 4.79 Å². The molecule has 2 fully saturated rings. The number of carbonyl (C=O) groups is 1. The van der Waals surface area contributed by atoms with E-state index in [4.69, 9.17) is 0 Å². The molecule has 1 aromatic rings. The fraction of sp³-hybridized carbons (Fsp3) is 0.800. The summed E-state index contributed by atoms with van der Waals surface area (Å²) in [7, 11) is 0. The van der Waals surface area contributed by atoms with Gasteiger partial charge in [-0.3, -0.25) is 4.79 Å². The van der Waals surface area contributed by atoms with Crippen molar-refractivity contribution in [1.82, 2.24) is 15.1 Å². The molecular weight excluding hydrogens is 270 g/mol. The van der Waals surface area contributed by atoms with Gasteiger partial charge < -0.3 is 4.90 Å². The van der Waals surface area contributed by atoms with Crippen LogP contribution < -0.4 is 0 Å². The number of hydrogen-bond acceptors (Lipinski definition) is 4. The predicted molar refractivity (Wildman–Crippen MR) is 79.7 cm³/mol. The fourth-order valence-corrected chi connectivity index (χ4v) is 4.01. The van der Waals surface area contributed by atoms with Crippen molar-refractivity contribution in [2.45, 2.75) is 51.9 Å². The van der Waals surface area contributed by atoms with Gasteiger partial charge in [0.05, 0.1) is 0 Å². The van der Waals surface area contributed by atoms with Gasteiger partial charge in [-0.05, 0) is 31.6 Å². The zero-order valence-corrected chi connectivity index (χ0v) is 13.2. The number of likely N-dealkylation sites (tertiary alicyclic amines) is 1. The van der Waals surface area contributed by atoms with Gasteiger partial charge in [0.15, 0.2) is 0 Å². The highest BCUT2D eigenvalue weighted by Crippen LogP contribution is 2.35. The molecule has 4 nitrogen and oxygen atoms in total. The molecule has 110 valence electrons. The minimum absolute atomic E-state index is 0.333. The molecule has 1 saturated heterocycles. The van der Waals surface area contributed by atoms with E-state index in [1.54, 1.807) is 11.3 Å². The first-order valence-corrected chi connectivity index (χ1v) is 8.56. The molecule has 1 atom stereocenters. The van der Waals surface area contributed by atoms with Crippen LogP contribution in [0.4, 0.5) is 0 Å². The molecule has 20 heavy (non-hydrogen) atoms. The second-order valence-corrected chi connectivity index (χ2v) is 7.62. The summed E-state index contributed by atoms with van der Waals surface area (Å²) in [5.74, 6) is 1.74. The molecule has 2 aliphatic rings. The van der Waals surface area contributed by atoms with Crippen molar-refractivity contribution in [2.75, 3.05) is 13.1 Å². The standard InChI is InChI=1S/C15H23N3OS/c1-10(2)8-13-16-17-14(20-13)12-4-3-7-18(9-12)15(19)11-5-6-11/h10-12H,3-9H2,1-2H3. The molecule has 1 aliphatic heterocycles. The molecule has 0 N–H and O–H groups in total. The van der Waals surface area contributed by atoms with Gasteiger partial charge in [-0.15, -0.1) is 21.5 Å². The molecule has 1 aliphatic carbocycles. The van der Waals surface area contributed by atoms with Crippen molar-refractivity contribution < 1.29 is 4.79 Å². The van der Waals surface area contributed by atoms with Gasteiger partial charge in [0.2, 0.25) is 5.91 Å². The average Bonchev–Trinajstić information content (AvgIpc) is 3.18. The van der Waals surface area contributed by atoms with Gasteiger partial charge in [-0.1, -0.05) is 13.8 Å². The number of aromatic nitrogens is 2. The molecule has 0 radical (unpaired) electrons. The van der Waals surface area contributed by atoms with Crippen molar-refractivity contribution in [3.8, 4) is 0 Å². The first-order valence-electron chi connectivity index (χ1n) is 7.74. The highest BCUT2D eigenvalue weighted by molar-refractivity contribution is 7.11. The summed E-state index contributed by atoms with van der Waals surface area (Å²) in [6, 6.07) is 0. The van der Waals surface area contributed by atoms with Gasteiger partial charge in [0.1, 0.15) is 10.0 Å². The van der Waals surface area contributed by atoms with Crippen LogP contribution in [0.5, 0.6) is 0 Å². The number of nitrogens with zero attached hydrogens (tertiary/aromatic N) is 3. The van der Waals surface area contributed by atoms with Crippen molar-refractivity contribution in [1.29, 1.82) is 0 Å². The first kappa shape index (κ1) is 14.0. The van der Waals surface area contributed by atoms with Gasteiger partial charge >= 0.3 is 0 Å². The van der Waals surface area contributed by atoms with Gasteiger partial charge in [0.25, 0.3) is 0 Å². The average molecular weight is 293 g/mol. The molecule has 5 heteroatoms. The summed E-state index contributed by atoms with van der Waals surface area (Å²) in [4.78, 5) is 14.2. The van der Waals surface area contributed by atoms with Crippen molar-refractivity contribution in [2.24, 2.45) is 11.8 Å². The lowest BCUT2D eigenvalue weighted by Gasteiger charge is -2.31. The van der Waals surface area contributed by atoms with Crippen LogP contribution in [0.25, 0.3) is 0 Å². The summed E-state index contributed by atoms with van der Waals surface area (Å²) in [5.41, 5.74) is 0. The molecule has 1 aromatic heterocycles. The van der Waals surface area contributed by atoms with Gasteiger partial charge in [-0.2, -0.15) is 0 Å². The monoisotopic (exact) mass is 293 g/mol. The molecule has 0 aromatic carbocycles. The van der Waals surface area contributed by atoms with E-state index in [-0.39, 0.29) is 0 Å². The molecule has 0 bridgehead atoms. The Bertz CT molecular complexity index is 481. The Morgan fingerprint density at radius 1 is 1.35 bits per heavy atom. The zero-order chi connectivity index (χ0) is 14.1. The maximum Gasteiger partial charge on any atom is 0.225 e. The second-order valence-electron chi connectivity index (χ2n) is 6.53. The molecule has 3 rings (SSSR count). The molecule has 0 spiro atoms. The van der Waals surface area contributed by atoms with E-state index in [1.165, 1.54) is 0 Å². The highest BCUT2D eigenvalue weighted by atomic mass is 32.1. The lowest BCUT2D eigenvalue weighted by atomic mass is 9.98. The molecule has 2 heterocycles. The molecular formula is C15H23N3OS. The van der Waals surface area contributed by atoms with Crippen LogP contribution in [-0.2, 0) is 11.2 Å². The lowest BCUT2D eigenvalue weighted by molar-refractivity contribution is -0.133. The van der Waals surface area contributed by atoms with Crippen LogP contribution in [0.15, 0.2) is 0 Å². The third-order valence-corrected chi connectivity index (χ3v) is 5.18. The van der Waals surface area contributed by atoms with Crippen LogP contribution in [0.3, 0.4) is 0 Å². The summed E-state index contributed by atoms with van der Waals surface area (Å²) in [5, 5.41) is 11.0. The molecule has 1 amide bonds. The SMILES string of the molecule is CC(C)Cc1nnc(C2CCCN(C(=O)C3CC3)C2)s1. The third-order valence-electron chi connectivity index (χ3n) is 4.07. The number of piperidine rings is 1. The van der Waals surface area contributed by atoms with Crippen molar-refractivity contribution in [3.63, 3.8) is 0 Å². The van der Waals surface area contributed by atoms with Gasteiger partial charge in [0, 0.05) is 31.3 Å². The lowest BCUT2D eigenvalue weighted by Crippen LogP contribution is -2.39. The Labute approximate surface area is 124 Å². The predicted octanol–water partition coefficient (Wildman–Crippen LogP) is 2.85. The van der Waals surface area contributed by atoms with Crippen LogP contribution in [0.1, 0.15) is 55.5 Å². The smallest absolute Gasteiger partial charge is 0.225 e. The topological polar surface area (TPSA) is 46.1 Å². The Morgan fingerprint density at radius 3 is 2.85 bits per heavy atom. The van der Waals surface area contributed by atoms with E-state index in [1.807, 2.05) is 0 Å². The quantitative estimate of drug-likeness (QED) is 0.857. The summed E-state index contributed by atoms with van der Waals surface area (Å²) in [6.07, 6.45) is 5.44. The Kier molecular flexibility index (Phi) is 4.06. The maximum atomic E-state index is 12.2. The summed E-state index contributed by atoms with van der Waals surface area (Å²) >= 11 is 1.75. The first-order chi connectivity index (χ1) is 9.63. The maximum absolute atomic E-state index is 12.2. The Morgan fingerprint density at radius 2 is 2.15 bits per heavy atom. The zero-order valence-electron chi connectivity index (χ0n) is 12.3. The normalized spacial score (nSPS) is 23.4. The second kappa shape index (κ2) is 5.80. The number of carbonyl (C=O) groups excluding carboxylic acids is 1. The number of hydrogen-bond donors (Lipinski definition) is 0. The fourth-order valence-electron chi connectivity index (χ4n) is 2.83. The molecule has 1 saturated carbocycles. The molecule has 1 unspecified atom stereocenters. The Balaban J connectivity index is 1.63. The number of amides is 1. The van der Waals surface area contributed by atoms with E-state index in [0.717, 1.165) is 55.2 Å². The Hall–Kier alpha value is -0.970. The van der Waals surface area contributed by atoms with E-state index in [2.05, 4.69) is 28.9 Å². The summed E-state index contributed by atoms with van der Waals surface area (Å²) < 4.78 is 0. The van der Waals surface area contributed by atoms with Crippen molar-refractivity contribution >= 4 is 17.2 Å². The van der Waals surface area contributed by atoms with Crippen LogP contribution >= 0.6 is 11.3 Å². The van der Waals surface area contributed by atoms with Gasteiger partial charge in [-0.25, -0.2) is 0 Å². The largest absolute Gasteiger partial charge is 0.342 e.